The third-order valence-electron chi connectivity index (χ3n) is 4.89. The van der Waals surface area contributed by atoms with Crippen LogP contribution in [0.2, 0.25) is 0 Å². The lowest BCUT2D eigenvalue weighted by molar-refractivity contribution is -0.0503. The van der Waals surface area contributed by atoms with Gasteiger partial charge in [0.1, 0.15) is 5.75 Å². The molecule has 1 aliphatic heterocycles. The van der Waals surface area contributed by atoms with E-state index >= 15 is 0 Å². The Morgan fingerprint density at radius 2 is 1.55 bits per heavy atom. The molecule has 31 heavy (non-hydrogen) atoms. The highest BCUT2D eigenvalue weighted by molar-refractivity contribution is 7.91. The summed E-state index contributed by atoms with van der Waals surface area (Å²) in [6.07, 6.45) is 0. The van der Waals surface area contributed by atoms with Crippen molar-refractivity contribution in [3.63, 3.8) is 0 Å². The van der Waals surface area contributed by atoms with E-state index in [4.69, 9.17) is 0 Å². The van der Waals surface area contributed by atoms with Crippen molar-refractivity contribution in [2.45, 2.75) is 23.8 Å². The first-order valence-corrected chi connectivity index (χ1v) is 10.9. The number of halogens is 4. The van der Waals surface area contributed by atoms with E-state index in [1.165, 1.54) is 30.3 Å². The highest BCUT2D eigenvalue weighted by Crippen LogP contribution is 2.23. The maximum Gasteiger partial charge on any atom is 0.387 e. The fourth-order valence-electron chi connectivity index (χ4n) is 3.27. The first kappa shape index (κ1) is 23.0. The van der Waals surface area contributed by atoms with Gasteiger partial charge in [0.25, 0.3) is 5.91 Å². The van der Waals surface area contributed by atoms with Crippen molar-refractivity contribution in [3.05, 3.63) is 59.7 Å². The lowest BCUT2D eigenvalue weighted by atomic mass is 10.1. The fourth-order valence-corrected chi connectivity index (χ4v) is 3.99. The van der Waals surface area contributed by atoms with E-state index in [2.05, 4.69) is 4.74 Å². The second-order valence-electron chi connectivity index (χ2n) is 6.89. The average Bonchev–Trinajstić information content (AvgIpc) is 2.74. The summed E-state index contributed by atoms with van der Waals surface area (Å²) >= 11 is 0. The Morgan fingerprint density at radius 3 is 2.13 bits per heavy atom. The van der Waals surface area contributed by atoms with Gasteiger partial charge < -0.3 is 9.64 Å². The highest BCUT2D eigenvalue weighted by atomic mass is 32.2. The standard InChI is InChI=1S/C20H20F4N2O4S/c21-19(22)30-17-4-2-1-3-16(17)18(27)26-11-9-25(10-12-26)13-14-5-7-15(8-6-14)31(28,29)20(23)24/h1-8,19-20H,9-13H2. The van der Waals surface area contributed by atoms with Gasteiger partial charge in [0.05, 0.1) is 10.5 Å². The molecule has 1 saturated heterocycles. The molecule has 3 rings (SSSR count). The molecule has 0 N–H and O–H groups in total. The van der Waals surface area contributed by atoms with Crippen molar-refractivity contribution < 1.29 is 35.5 Å². The normalized spacial score (nSPS) is 15.5. The first-order valence-electron chi connectivity index (χ1n) is 9.35. The number of rotatable bonds is 7. The maximum atomic E-state index is 12.7. The van der Waals surface area contributed by atoms with Gasteiger partial charge in [-0.05, 0) is 29.8 Å². The van der Waals surface area contributed by atoms with Crippen molar-refractivity contribution in [2.24, 2.45) is 0 Å². The van der Waals surface area contributed by atoms with Crippen LogP contribution in [0.4, 0.5) is 17.6 Å². The molecule has 0 saturated carbocycles. The number of benzene rings is 2. The van der Waals surface area contributed by atoms with Crippen LogP contribution < -0.4 is 4.74 Å². The number of carbonyl (C=O) groups is 1. The van der Waals surface area contributed by atoms with Crippen molar-refractivity contribution in [1.29, 1.82) is 0 Å². The summed E-state index contributed by atoms with van der Waals surface area (Å²) in [7, 11) is -4.63. The summed E-state index contributed by atoms with van der Waals surface area (Å²) in [4.78, 5) is 15.8. The van der Waals surface area contributed by atoms with Gasteiger partial charge >= 0.3 is 12.4 Å². The zero-order valence-corrected chi connectivity index (χ0v) is 17.1. The van der Waals surface area contributed by atoms with Gasteiger partial charge in [0.2, 0.25) is 9.84 Å². The van der Waals surface area contributed by atoms with Crippen molar-refractivity contribution in [1.82, 2.24) is 9.80 Å². The van der Waals surface area contributed by atoms with Gasteiger partial charge in [-0.25, -0.2) is 8.42 Å². The minimum atomic E-state index is -4.63. The van der Waals surface area contributed by atoms with Crippen molar-refractivity contribution >= 4 is 15.7 Å². The Balaban J connectivity index is 1.59. The van der Waals surface area contributed by atoms with Crippen LogP contribution in [0.5, 0.6) is 5.75 Å². The van der Waals surface area contributed by atoms with Crippen molar-refractivity contribution in [2.75, 3.05) is 26.2 Å². The Labute approximate surface area is 176 Å². The Kier molecular flexibility index (Phi) is 7.16. The van der Waals surface area contributed by atoms with Crippen LogP contribution >= 0.6 is 0 Å². The number of amides is 1. The van der Waals surface area contributed by atoms with E-state index in [1.54, 1.807) is 11.0 Å². The smallest absolute Gasteiger partial charge is 0.387 e. The number of para-hydroxylation sites is 1. The molecule has 1 fully saturated rings. The summed E-state index contributed by atoms with van der Waals surface area (Å²) < 4.78 is 77.8. The molecule has 0 unspecified atom stereocenters. The van der Waals surface area contributed by atoms with E-state index in [-0.39, 0.29) is 11.3 Å². The average molecular weight is 460 g/mol. The third-order valence-corrected chi connectivity index (χ3v) is 6.28. The Morgan fingerprint density at radius 1 is 0.935 bits per heavy atom. The summed E-state index contributed by atoms with van der Waals surface area (Å²) in [6, 6.07) is 11.1. The summed E-state index contributed by atoms with van der Waals surface area (Å²) in [5.41, 5.74) is 0.802. The quantitative estimate of drug-likeness (QED) is 0.594. The SMILES string of the molecule is O=C(c1ccccc1OC(F)F)N1CCN(Cc2ccc(S(=O)(=O)C(F)F)cc2)CC1. The summed E-state index contributed by atoms with van der Waals surface area (Å²) in [5.74, 6) is -4.05. The van der Waals surface area contributed by atoms with E-state index in [0.717, 1.165) is 17.7 Å². The lowest BCUT2D eigenvalue weighted by Gasteiger charge is -2.35. The number of nitrogens with zero attached hydrogens (tertiary/aromatic N) is 2. The zero-order valence-electron chi connectivity index (χ0n) is 16.3. The van der Waals surface area contributed by atoms with Crippen LogP contribution in [-0.2, 0) is 16.4 Å². The third kappa shape index (κ3) is 5.53. The predicted molar refractivity (Wildman–Crippen MR) is 104 cm³/mol. The van der Waals surface area contributed by atoms with E-state index in [0.29, 0.717) is 32.7 Å². The summed E-state index contributed by atoms with van der Waals surface area (Å²) in [6.45, 7) is -0.865. The molecule has 1 amide bonds. The molecule has 2 aromatic carbocycles. The minimum absolute atomic E-state index is 0.0621. The Hall–Kier alpha value is -2.66. The van der Waals surface area contributed by atoms with Crippen molar-refractivity contribution in [3.8, 4) is 5.75 Å². The molecular weight excluding hydrogens is 440 g/mol. The lowest BCUT2D eigenvalue weighted by Crippen LogP contribution is -2.48. The second kappa shape index (κ2) is 9.65. The van der Waals surface area contributed by atoms with E-state index in [9.17, 15) is 30.8 Å². The number of hydrogen-bond acceptors (Lipinski definition) is 5. The van der Waals surface area contributed by atoms with Gasteiger partial charge in [-0.15, -0.1) is 0 Å². The minimum Gasteiger partial charge on any atom is -0.434 e. The molecule has 168 valence electrons. The van der Waals surface area contributed by atoms with Crippen LogP contribution in [-0.4, -0.2) is 62.7 Å². The molecule has 6 nitrogen and oxygen atoms in total. The second-order valence-corrected chi connectivity index (χ2v) is 8.81. The maximum absolute atomic E-state index is 12.7. The van der Waals surface area contributed by atoms with Crippen LogP contribution in [0.25, 0.3) is 0 Å². The molecule has 1 aliphatic rings. The molecular formula is C20H20F4N2O4S. The largest absolute Gasteiger partial charge is 0.434 e. The number of sulfone groups is 1. The number of alkyl halides is 4. The molecule has 11 heteroatoms. The summed E-state index contributed by atoms with van der Waals surface area (Å²) in [5, 5.41) is 0. The van der Waals surface area contributed by atoms with Gasteiger partial charge in [-0.2, -0.15) is 17.6 Å². The zero-order chi connectivity index (χ0) is 22.6. The predicted octanol–water partition coefficient (Wildman–Crippen LogP) is 3.24. The molecule has 2 aromatic rings. The van der Waals surface area contributed by atoms with Crippen LogP contribution in [0, 0.1) is 0 Å². The number of hydrogen-bond donors (Lipinski definition) is 0. The molecule has 0 spiro atoms. The molecule has 0 atom stereocenters. The molecule has 1 heterocycles. The van der Waals surface area contributed by atoms with Gasteiger partial charge in [-0.1, -0.05) is 24.3 Å². The van der Waals surface area contributed by atoms with Crippen LogP contribution in [0.3, 0.4) is 0 Å². The Bertz CT molecular complexity index is 1010. The highest BCUT2D eigenvalue weighted by Gasteiger charge is 2.27. The van der Waals surface area contributed by atoms with E-state index in [1.807, 2.05) is 4.90 Å². The number of ether oxygens (including phenoxy) is 1. The van der Waals surface area contributed by atoms with Crippen LogP contribution in [0.15, 0.2) is 53.4 Å². The van der Waals surface area contributed by atoms with Gasteiger partial charge in [0.15, 0.2) is 0 Å². The van der Waals surface area contributed by atoms with E-state index < -0.39 is 33.0 Å². The first-order chi connectivity index (χ1) is 14.7. The molecule has 0 radical (unpaired) electrons. The van der Waals surface area contributed by atoms with Gasteiger partial charge in [0, 0.05) is 32.7 Å². The monoisotopic (exact) mass is 460 g/mol. The molecule has 0 aromatic heterocycles. The molecule has 0 bridgehead atoms. The van der Waals surface area contributed by atoms with Crippen LogP contribution in [0.1, 0.15) is 15.9 Å². The number of carbonyl (C=O) groups excluding carboxylic acids is 1. The fraction of sp³-hybridized carbons (Fsp3) is 0.350. The molecule has 0 aliphatic carbocycles. The number of piperazine rings is 1. The topological polar surface area (TPSA) is 66.9 Å². The van der Waals surface area contributed by atoms with Gasteiger partial charge in [-0.3, -0.25) is 9.69 Å².